The Bertz CT molecular complexity index is 499. The molecule has 1 aliphatic rings. The maximum atomic E-state index is 12.0. The van der Waals surface area contributed by atoms with Gasteiger partial charge < -0.3 is 14.4 Å². The van der Waals surface area contributed by atoms with Gasteiger partial charge in [-0.1, -0.05) is 30.3 Å². The molecule has 1 aliphatic heterocycles. The van der Waals surface area contributed by atoms with Crippen LogP contribution in [0.15, 0.2) is 30.3 Å². The van der Waals surface area contributed by atoms with Crippen molar-refractivity contribution in [3.05, 3.63) is 35.9 Å². The Morgan fingerprint density at radius 3 is 2.70 bits per heavy atom. The zero-order chi connectivity index (χ0) is 16.9. The summed E-state index contributed by atoms with van der Waals surface area (Å²) in [6, 6.07) is 10.4. The smallest absolute Gasteiger partial charge is 0.410 e. The van der Waals surface area contributed by atoms with Crippen LogP contribution in [0, 0.1) is 0 Å². The minimum Gasteiger partial charge on any atom is -0.444 e. The van der Waals surface area contributed by atoms with E-state index in [-0.39, 0.29) is 12.2 Å². The Hall–Kier alpha value is -1.59. The zero-order valence-corrected chi connectivity index (χ0v) is 14.6. The molecule has 1 heterocycles. The van der Waals surface area contributed by atoms with Crippen LogP contribution in [0.25, 0.3) is 0 Å². The van der Waals surface area contributed by atoms with Crippen LogP contribution in [0.3, 0.4) is 0 Å². The highest BCUT2D eigenvalue weighted by Gasteiger charge is 2.25. The second kappa shape index (κ2) is 7.79. The molecule has 0 unspecified atom stereocenters. The molecule has 5 heteroatoms. The molecule has 0 N–H and O–H groups in total. The molecule has 0 radical (unpaired) electrons. The summed E-state index contributed by atoms with van der Waals surface area (Å²) in [5.74, 6) is 0. The summed E-state index contributed by atoms with van der Waals surface area (Å²) >= 11 is 0. The number of morpholine rings is 1. The predicted octanol–water partition coefficient (Wildman–Crippen LogP) is 2.75. The van der Waals surface area contributed by atoms with Crippen molar-refractivity contribution >= 4 is 6.09 Å². The van der Waals surface area contributed by atoms with Gasteiger partial charge in [0.25, 0.3) is 0 Å². The maximum Gasteiger partial charge on any atom is 0.410 e. The van der Waals surface area contributed by atoms with Gasteiger partial charge in [-0.3, -0.25) is 4.90 Å². The summed E-state index contributed by atoms with van der Waals surface area (Å²) < 4.78 is 11.2. The number of benzene rings is 1. The van der Waals surface area contributed by atoms with Crippen molar-refractivity contribution in [3.63, 3.8) is 0 Å². The molecular weight excluding hydrogens is 292 g/mol. The van der Waals surface area contributed by atoms with E-state index in [0.717, 1.165) is 19.6 Å². The second-order valence-corrected chi connectivity index (χ2v) is 7.07. The third-order valence-electron chi connectivity index (χ3n) is 3.65. The van der Waals surface area contributed by atoms with Crippen molar-refractivity contribution in [2.24, 2.45) is 0 Å². The minimum atomic E-state index is -0.474. The Balaban J connectivity index is 1.82. The topological polar surface area (TPSA) is 42.0 Å². The fourth-order valence-electron chi connectivity index (χ4n) is 2.60. The summed E-state index contributed by atoms with van der Waals surface area (Å²) in [5, 5.41) is 0. The van der Waals surface area contributed by atoms with Gasteiger partial charge >= 0.3 is 6.09 Å². The zero-order valence-electron chi connectivity index (χ0n) is 14.6. The molecule has 0 bridgehead atoms. The molecule has 23 heavy (non-hydrogen) atoms. The molecule has 0 spiro atoms. The second-order valence-electron chi connectivity index (χ2n) is 7.07. The van der Waals surface area contributed by atoms with Crippen LogP contribution < -0.4 is 0 Å². The lowest BCUT2D eigenvalue weighted by molar-refractivity contribution is -0.0467. The Labute approximate surface area is 139 Å². The fraction of sp³-hybridized carbons (Fsp3) is 0.611. The predicted molar refractivity (Wildman–Crippen MR) is 90.3 cm³/mol. The first-order valence-electron chi connectivity index (χ1n) is 8.15. The number of carbonyl (C=O) groups excluding carboxylic acids is 1. The van der Waals surface area contributed by atoms with E-state index in [1.807, 2.05) is 26.8 Å². The van der Waals surface area contributed by atoms with Crippen molar-refractivity contribution in [2.75, 3.05) is 33.3 Å². The molecule has 1 aromatic rings. The molecule has 0 aromatic heterocycles. The van der Waals surface area contributed by atoms with Crippen LogP contribution in [0.4, 0.5) is 4.79 Å². The first-order valence-corrected chi connectivity index (χ1v) is 8.15. The Kier molecular flexibility index (Phi) is 6.02. The van der Waals surface area contributed by atoms with Crippen LogP contribution in [0.2, 0.25) is 0 Å². The SMILES string of the molecule is CN(C[C@H]1CN(Cc2ccccc2)CCO1)C(=O)OC(C)(C)C. The van der Waals surface area contributed by atoms with Gasteiger partial charge in [0.1, 0.15) is 5.60 Å². The average Bonchev–Trinajstić information content (AvgIpc) is 2.47. The maximum absolute atomic E-state index is 12.0. The molecule has 0 saturated carbocycles. The third-order valence-corrected chi connectivity index (χ3v) is 3.65. The van der Waals surface area contributed by atoms with E-state index in [1.165, 1.54) is 5.56 Å². The van der Waals surface area contributed by atoms with Gasteiger partial charge in [0.2, 0.25) is 0 Å². The fourth-order valence-corrected chi connectivity index (χ4v) is 2.60. The highest BCUT2D eigenvalue weighted by Crippen LogP contribution is 2.13. The lowest BCUT2D eigenvalue weighted by Crippen LogP contribution is -2.48. The largest absolute Gasteiger partial charge is 0.444 e. The molecular formula is C18H28N2O3. The first kappa shape index (κ1) is 17.8. The average molecular weight is 320 g/mol. The summed E-state index contributed by atoms with van der Waals surface area (Å²) in [7, 11) is 1.76. The Morgan fingerprint density at radius 1 is 1.35 bits per heavy atom. The van der Waals surface area contributed by atoms with Crippen LogP contribution >= 0.6 is 0 Å². The first-order chi connectivity index (χ1) is 10.8. The molecule has 0 aliphatic carbocycles. The number of hydrogen-bond donors (Lipinski definition) is 0. The molecule has 1 saturated heterocycles. The normalized spacial score (nSPS) is 19.4. The van der Waals surface area contributed by atoms with Gasteiger partial charge in [0.15, 0.2) is 0 Å². The van der Waals surface area contributed by atoms with Crippen LogP contribution in [-0.2, 0) is 16.0 Å². The van der Waals surface area contributed by atoms with E-state index in [2.05, 4.69) is 29.2 Å². The van der Waals surface area contributed by atoms with Gasteiger partial charge in [0, 0.05) is 26.7 Å². The van der Waals surface area contributed by atoms with Crippen LogP contribution in [0.5, 0.6) is 0 Å². The van der Waals surface area contributed by atoms with Crippen LogP contribution in [-0.4, -0.2) is 60.9 Å². The van der Waals surface area contributed by atoms with Crippen LogP contribution in [0.1, 0.15) is 26.3 Å². The molecule has 1 amide bonds. The highest BCUT2D eigenvalue weighted by atomic mass is 16.6. The summed E-state index contributed by atoms with van der Waals surface area (Å²) in [4.78, 5) is 16.0. The molecule has 5 nitrogen and oxygen atoms in total. The van der Waals surface area contributed by atoms with Crippen molar-refractivity contribution < 1.29 is 14.3 Å². The lowest BCUT2D eigenvalue weighted by Gasteiger charge is -2.35. The van der Waals surface area contributed by atoms with Crippen molar-refractivity contribution in [1.29, 1.82) is 0 Å². The van der Waals surface area contributed by atoms with E-state index < -0.39 is 5.60 Å². The van der Waals surface area contributed by atoms with Gasteiger partial charge in [-0.2, -0.15) is 0 Å². The quantitative estimate of drug-likeness (QED) is 0.855. The molecule has 1 atom stereocenters. The highest BCUT2D eigenvalue weighted by molar-refractivity contribution is 5.67. The number of amides is 1. The van der Waals surface area contributed by atoms with Crippen molar-refractivity contribution in [2.45, 2.75) is 39.0 Å². The standard InChI is InChI=1S/C18H28N2O3/c1-18(2,3)23-17(21)19(4)13-16-14-20(10-11-22-16)12-15-8-6-5-7-9-15/h5-9,16H,10-14H2,1-4H3/t16-/m0/s1. The van der Waals surface area contributed by atoms with E-state index in [4.69, 9.17) is 9.47 Å². The Morgan fingerprint density at radius 2 is 2.04 bits per heavy atom. The monoisotopic (exact) mass is 320 g/mol. The number of hydrogen-bond acceptors (Lipinski definition) is 4. The molecule has 128 valence electrons. The van der Waals surface area contributed by atoms with E-state index in [0.29, 0.717) is 13.2 Å². The van der Waals surface area contributed by atoms with E-state index >= 15 is 0 Å². The number of ether oxygens (including phenoxy) is 2. The lowest BCUT2D eigenvalue weighted by atomic mass is 10.2. The van der Waals surface area contributed by atoms with Crippen molar-refractivity contribution in [3.8, 4) is 0 Å². The molecule has 2 rings (SSSR count). The summed E-state index contributed by atoms with van der Waals surface area (Å²) in [5.41, 5.74) is 0.826. The number of carbonyl (C=O) groups is 1. The minimum absolute atomic E-state index is 0.0185. The summed E-state index contributed by atoms with van der Waals surface area (Å²) in [6.45, 7) is 9.51. The van der Waals surface area contributed by atoms with Gasteiger partial charge in [0.05, 0.1) is 19.3 Å². The number of likely N-dealkylation sites (N-methyl/N-ethyl adjacent to an activating group) is 1. The molecule has 1 fully saturated rings. The number of rotatable bonds is 4. The molecule has 1 aromatic carbocycles. The van der Waals surface area contributed by atoms with Gasteiger partial charge in [-0.15, -0.1) is 0 Å². The van der Waals surface area contributed by atoms with Crippen molar-refractivity contribution in [1.82, 2.24) is 9.80 Å². The summed E-state index contributed by atoms with van der Waals surface area (Å²) in [6.07, 6.45) is -0.286. The van der Waals surface area contributed by atoms with Gasteiger partial charge in [-0.25, -0.2) is 4.79 Å². The van der Waals surface area contributed by atoms with E-state index in [1.54, 1.807) is 11.9 Å². The third kappa shape index (κ3) is 6.20. The number of nitrogens with zero attached hydrogens (tertiary/aromatic N) is 2. The van der Waals surface area contributed by atoms with E-state index in [9.17, 15) is 4.79 Å². The van der Waals surface area contributed by atoms with Gasteiger partial charge in [-0.05, 0) is 26.3 Å².